The Bertz CT molecular complexity index is 465. The second-order valence-electron chi connectivity index (χ2n) is 3.14. The highest BCUT2D eigenvalue weighted by Gasteiger charge is 2.18. The van der Waals surface area contributed by atoms with Crippen molar-refractivity contribution >= 4 is 23.3 Å². The molecule has 0 amide bonds. The number of hydrogen-bond donors (Lipinski definition) is 1. The summed E-state index contributed by atoms with van der Waals surface area (Å²) in [5, 5.41) is 9.33. The molecule has 1 aliphatic rings. The Morgan fingerprint density at radius 3 is 2.73 bits per heavy atom. The van der Waals surface area contributed by atoms with Crippen LogP contribution in [0.1, 0.15) is 11.6 Å². The van der Waals surface area contributed by atoms with Crippen molar-refractivity contribution in [1.82, 2.24) is 0 Å². The van der Waals surface area contributed by atoms with Crippen molar-refractivity contribution in [1.29, 1.82) is 0 Å². The topological polar surface area (TPSA) is 49.7 Å². The fourth-order valence-corrected chi connectivity index (χ4v) is 1.68. The molecule has 3 nitrogen and oxygen atoms in total. The normalized spacial score (nSPS) is 19.0. The fraction of sp³-hybridized carbons (Fsp3) is 0.0909. The summed E-state index contributed by atoms with van der Waals surface area (Å²) in [6.45, 7) is 0. The SMILES string of the molecule is O=C(O)C1=N[C@@H](c2ccccc2Cl)C=C1. The van der Waals surface area contributed by atoms with Crippen molar-refractivity contribution in [2.45, 2.75) is 6.04 Å². The van der Waals surface area contributed by atoms with Crippen LogP contribution < -0.4 is 0 Å². The van der Waals surface area contributed by atoms with Gasteiger partial charge >= 0.3 is 5.97 Å². The minimum absolute atomic E-state index is 0.0694. The minimum atomic E-state index is -1.01. The third-order valence-electron chi connectivity index (χ3n) is 2.16. The van der Waals surface area contributed by atoms with Gasteiger partial charge in [-0.05, 0) is 17.7 Å². The zero-order valence-electron chi connectivity index (χ0n) is 7.72. The smallest absolute Gasteiger partial charge is 0.354 e. The molecule has 15 heavy (non-hydrogen) atoms. The molecule has 1 N–H and O–H groups in total. The van der Waals surface area contributed by atoms with E-state index in [4.69, 9.17) is 16.7 Å². The molecule has 0 radical (unpaired) electrons. The van der Waals surface area contributed by atoms with E-state index >= 15 is 0 Å². The zero-order valence-corrected chi connectivity index (χ0v) is 8.48. The molecule has 0 saturated carbocycles. The van der Waals surface area contributed by atoms with E-state index in [1.807, 2.05) is 18.2 Å². The first kappa shape index (κ1) is 9.93. The number of aliphatic imine (C=N–C) groups is 1. The molecule has 1 aromatic carbocycles. The van der Waals surface area contributed by atoms with Gasteiger partial charge in [-0.3, -0.25) is 4.99 Å². The molecule has 0 aromatic heterocycles. The summed E-state index contributed by atoms with van der Waals surface area (Å²) < 4.78 is 0. The zero-order chi connectivity index (χ0) is 10.8. The highest BCUT2D eigenvalue weighted by molar-refractivity contribution is 6.41. The van der Waals surface area contributed by atoms with Crippen LogP contribution in [0.5, 0.6) is 0 Å². The molecule has 0 bridgehead atoms. The lowest BCUT2D eigenvalue weighted by molar-refractivity contribution is -0.129. The minimum Gasteiger partial charge on any atom is -0.477 e. The van der Waals surface area contributed by atoms with Crippen LogP contribution in [0.4, 0.5) is 0 Å². The first-order valence-electron chi connectivity index (χ1n) is 4.42. The van der Waals surface area contributed by atoms with Crippen molar-refractivity contribution in [3.05, 3.63) is 47.0 Å². The van der Waals surface area contributed by atoms with E-state index in [1.54, 1.807) is 12.1 Å². The van der Waals surface area contributed by atoms with Gasteiger partial charge in [0.15, 0.2) is 0 Å². The number of aliphatic carboxylic acids is 1. The molecule has 0 aliphatic carbocycles. The standard InChI is InChI=1S/C11H8ClNO2/c12-8-4-2-1-3-7(8)9-5-6-10(13-9)11(14)15/h1-6,9H,(H,14,15)/t9-/m1/s1. The lowest BCUT2D eigenvalue weighted by Gasteiger charge is -2.06. The van der Waals surface area contributed by atoms with E-state index in [2.05, 4.69) is 4.99 Å². The second-order valence-corrected chi connectivity index (χ2v) is 3.55. The number of rotatable bonds is 2. The predicted molar refractivity (Wildman–Crippen MR) is 58.4 cm³/mol. The summed E-state index contributed by atoms with van der Waals surface area (Å²) in [5.41, 5.74) is 0.895. The molecule has 4 heteroatoms. The number of benzene rings is 1. The summed E-state index contributed by atoms with van der Waals surface area (Å²) in [6, 6.07) is 7.00. The molecule has 1 heterocycles. The molecular formula is C11H8ClNO2. The highest BCUT2D eigenvalue weighted by Crippen LogP contribution is 2.29. The summed E-state index contributed by atoms with van der Waals surface area (Å²) >= 11 is 5.98. The molecule has 76 valence electrons. The Labute approximate surface area is 91.7 Å². The molecule has 2 rings (SSSR count). The molecule has 1 aromatic rings. The predicted octanol–water partition coefficient (Wildman–Crippen LogP) is 2.48. The lowest BCUT2D eigenvalue weighted by atomic mass is 10.1. The number of hydrogen-bond acceptors (Lipinski definition) is 2. The maximum absolute atomic E-state index is 10.6. The van der Waals surface area contributed by atoms with E-state index in [1.165, 1.54) is 6.08 Å². The molecule has 0 spiro atoms. The van der Waals surface area contributed by atoms with E-state index in [-0.39, 0.29) is 11.8 Å². The van der Waals surface area contributed by atoms with Crippen LogP contribution >= 0.6 is 11.6 Å². The van der Waals surface area contributed by atoms with Crippen molar-refractivity contribution in [3.8, 4) is 0 Å². The molecule has 1 atom stereocenters. The van der Waals surface area contributed by atoms with Gasteiger partial charge in [0, 0.05) is 5.02 Å². The van der Waals surface area contributed by atoms with Crippen LogP contribution in [0.25, 0.3) is 0 Å². The summed E-state index contributed by atoms with van der Waals surface area (Å²) in [7, 11) is 0. The molecular weight excluding hydrogens is 214 g/mol. The van der Waals surface area contributed by atoms with Crippen LogP contribution in [0.2, 0.25) is 5.02 Å². The number of carboxylic acids is 1. The van der Waals surface area contributed by atoms with E-state index < -0.39 is 5.97 Å². The third-order valence-corrected chi connectivity index (χ3v) is 2.50. The Morgan fingerprint density at radius 2 is 2.13 bits per heavy atom. The van der Waals surface area contributed by atoms with E-state index in [0.29, 0.717) is 5.02 Å². The fourth-order valence-electron chi connectivity index (χ4n) is 1.43. The average Bonchev–Trinajstić information content (AvgIpc) is 2.67. The van der Waals surface area contributed by atoms with Crippen molar-refractivity contribution in [2.75, 3.05) is 0 Å². The molecule has 0 saturated heterocycles. The van der Waals surface area contributed by atoms with Gasteiger partial charge in [0.2, 0.25) is 0 Å². The van der Waals surface area contributed by atoms with Crippen molar-refractivity contribution in [2.24, 2.45) is 4.99 Å². The molecule has 1 aliphatic heterocycles. The van der Waals surface area contributed by atoms with Crippen LogP contribution in [0.3, 0.4) is 0 Å². The maximum atomic E-state index is 10.6. The molecule has 0 unspecified atom stereocenters. The average molecular weight is 222 g/mol. The van der Waals surface area contributed by atoms with Gasteiger partial charge in [-0.15, -0.1) is 0 Å². The monoisotopic (exact) mass is 221 g/mol. The summed E-state index contributed by atoms with van der Waals surface area (Å²) in [6.07, 6.45) is 3.22. The van der Waals surface area contributed by atoms with Gasteiger partial charge in [0.25, 0.3) is 0 Å². The number of halogens is 1. The largest absolute Gasteiger partial charge is 0.477 e. The number of carboxylic acid groups (broad SMARTS) is 1. The highest BCUT2D eigenvalue weighted by atomic mass is 35.5. The maximum Gasteiger partial charge on any atom is 0.354 e. The Morgan fingerprint density at radius 1 is 1.40 bits per heavy atom. The van der Waals surface area contributed by atoms with Crippen LogP contribution in [-0.2, 0) is 4.79 Å². The van der Waals surface area contributed by atoms with Crippen LogP contribution in [0.15, 0.2) is 41.4 Å². The first-order chi connectivity index (χ1) is 7.18. The number of nitrogens with zero attached hydrogens (tertiary/aromatic N) is 1. The van der Waals surface area contributed by atoms with Crippen LogP contribution in [0, 0.1) is 0 Å². The van der Waals surface area contributed by atoms with Crippen molar-refractivity contribution in [3.63, 3.8) is 0 Å². The van der Waals surface area contributed by atoms with Gasteiger partial charge in [-0.1, -0.05) is 35.9 Å². The number of carbonyl (C=O) groups is 1. The lowest BCUT2D eigenvalue weighted by Crippen LogP contribution is -2.07. The van der Waals surface area contributed by atoms with Gasteiger partial charge < -0.3 is 5.11 Å². The van der Waals surface area contributed by atoms with E-state index in [9.17, 15) is 4.79 Å². The Kier molecular flexibility index (Phi) is 2.56. The van der Waals surface area contributed by atoms with Crippen LogP contribution in [-0.4, -0.2) is 16.8 Å². The van der Waals surface area contributed by atoms with Gasteiger partial charge in [0.05, 0.1) is 6.04 Å². The Hall–Kier alpha value is -1.61. The van der Waals surface area contributed by atoms with Gasteiger partial charge in [-0.2, -0.15) is 0 Å². The second kappa shape index (κ2) is 3.87. The van der Waals surface area contributed by atoms with Crippen molar-refractivity contribution < 1.29 is 9.90 Å². The molecule has 0 fully saturated rings. The Balaban J connectivity index is 2.33. The summed E-state index contributed by atoms with van der Waals surface area (Å²) in [5.74, 6) is -1.01. The summed E-state index contributed by atoms with van der Waals surface area (Å²) in [4.78, 5) is 14.7. The van der Waals surface area contributed by atoms with Gasteiger partial charge in [-0.25, -0.2) is 4.79 Å². The quantitative estimate of drug-likeness (QED) is 0.834. The first-order valence-corrected chi connectivity index (χ1v) is 4.80. The van der Waals surface area contributed by atoms with Gasteiger partial charge in [0.1, 0.15) is 5.71 Å². The third kappa shape index (κ3) is 1.92. The van der Waals surface area contributed by atoms with E-state index in [0.717, 1.165) is 5.56 Å².